The van der Waals surface area contributed by atoms with Gasteiger partial charge in [-0.2, -0.15) is 0 Å². The molecule has 1 atom stereocenters. The number of rotatable bonds is 2. The van der Waals surface area contributed by atoms with Crippen LogP contribution in [0.3, 0.4) is 0 Å². The van der Waals surface area contributed by atoms with E-state index >= 15 is 0 Å². The maximum Gasteiger partial charge on any atom is 0.415 e. The largest absolute Gasteiger partial charge is 0.446 e. The van der Waals surface area contributed by atoms with E-state index in [0.29, 0.717) is 13.0 Å². The van der Waals surface area contributed by atoms with Crippen LogP contribution in [0.25, 0.3) is 0 Å². The van der Waals surface area contributed by atoms with Crippen LogP contribution < -0.4 is 5.32 Å². The van der Waals surface area contributed by atoms with Crippen LogP contribution in [0.15, 0.2) is 0 Å². The zero-order valence-corrected chi connectivity index (χ0v) is 10.3. The molecule has 2 fully saturated rings. The summed E-state index contributed by atoms with van der Waals surface area (Å²) in [4.78, 5) is 35.4. The van der Waals surface area contributed by atoms with Gasteiger partial charge < -0.3 is 14.4 Å². The normalized spacial score (nSPS) is 24.0. The van der Waals surface area contributed by atoms with Gasteiger partial charge in [-0.05, 0) is 38.5 Å². The van der Waals surface area contributed by atoms with Gasteiger partial charge in [0.05, 0.1) is 6.04 Å². The van der Waals surface area contributed by atoms with E-state index in [4.69, 9.17) is 4.74 Å². The summed E-state index contributed by atoms with van der Waals surface area (Å²) in [5.74, 6) is 0. The number of carbonyl (C=O) groups excluding carboxylic acids is 3. The minimum absolute atomic E-state index is 0.0711. The fourth-order valence-corrected chi connectivity index (χ4v) is 2.53. The molecule has 1 aliphatic heterocycles. The van der Waals surface area contributed by atoms with Crippen molar-refractivity contribution in [1.82, 2.24) is 10.2 Å². The Hall–Kier alpha value is -1.59. The molecule has 0 radical (unpaired) electrons. The summed E-state index contributed by atoms with van der Waals surface area (Å²) in [6.07, 6.45) is 5.26. The van der Waals surface area contributed by atoms with Crippen LogP contribution >= 0.6 is 0 Å². The Bertz CT molecular complexity index is 339. The van der Waals surface area contributed by atoms with Crippen molar-refractivity contribution in [2.24, 2.45) is 0 Å². The van der Waals surface area contributed by atoms with Crippen LogP contribution in [0.4, 0.5) is 9.59 Å². The number of ether oxygens (including phenoxy) is 1. The van der Waals surface area contributed by atoms with Gasteiger partial charge >= 0.3 is 12.1 Å². The fourth-order valence-electron chi connectivity index (χ4n) is 2.53. The average molecular weight is 254 g/mol. The molecule has 0 aromatic rings. The fraction of sp³-hybridized carbons (Fsp3) is 0.750. The molecule has 0 unspecified atom stereocenters. The number of hydrogen-bond donors (Lipinski definition) is 1. The SMILES string of the molecule is O=C[C@@H]1CCCN1C(=O)NC(=O)OC1CCCC1. The summed E-state index contributed by atoms with van der Waals surface area (Å²) >= 11 is 0. The summed E-state index contributed by atoms with van der Waals surface area (Å²) in [7, 11) is 0. The van der Waals surface area contributed by atoms with Gasteiger partial charge in [-0.15, -0.1) is 0 Å². The number of alkyl carbamates (subject to hydrolysis) is 1. The van der Waals surface area contributed by atoms with Crippen LogP contribution in [-0.2, 0) is 9.53 Å². The van der Waals surface area contributed by atoms with Gasteiger partial charge in [0.25, 0.3) is 0 Å². The van der Waals surface area contributed by atoms with Crippen molar-refractivity contribution < 1.29 is 19.1 Å². The second-order valence-electron chi connectivity index (χ2n) is 4.78. The quantitative estimate of drug-likeness (QED) is 0.756. The molecule has 2 aliphatic rings. The smallest absolute Gasteiger partial charge is 0.415 e. The summed E-state index contributed by atoms with van der Waals surface area (Å²) in [5, 5.41) is 2.18. The average Bonchev–Trinajstić information content (AvgIpc) is 2.97. The first kappa shape index (κ1) is 12.9. The molecule has 3 amide bonds. The van der Waals surface area contributed by atoms with Gasteiger partial charge in [0.15, 0.2) is 0 Å². The van der Waals surface area contributed by atoms with Crippen LogP contribution in [0.1, 0.15) is 38.5 Å². The van der Waals surface area contributed by atoms with Crippen LogP contribution in [0, 0.1) is 0 Å². The first-order valence-corrected chi connectivity index (χ1v) is 6.44. The second-order valence-corrected chi connectivity index (χ2v) is 4.78. The Morgan fingerprint density at radius 3 is 2.56 bits per heavy atom. The lowest BCUT2D eigenvalue weighted by Gasteiger charge is -2.20. The summed E-state index contributed by atoms with van der Waals surface area (Å²) in [6.45, 7) is 0.506. The third kappa shape index (κ3) is 3.00. The Kier molecular flexibility index (Phi) is 4.17. The van der Waals surface area contributed by atoms with Gasteiger partial charge in [-0.1, -0.05) is 0 Å². The predicted molar refractivity (Wildman–Crippen MR) is 63.1 cm³/mol. The Morgan fingerprint density at radius 1 is 1.17 bits per heavy atom. The molecule has 0 bridgehead atoms. The third-order valence-corrected chi connectivity index (χ3v) is 3.50. The summed E-state index contributed by atoms with van der Waals surface area (Å²) < 4.78 is 5.12. The number of urea groups is 1. The molecule has 2 rings (SSSR count). The highest BCUT2D eigenvalue weighted by atomic mass is 16.6. The van der Waals surface area contributed by atoms with Crippen LogP contribution in [-0.4, -0.2) is 42.0 Å². The van der Waals surface area contributed by atoms with Gasteiger partial charge in [0.1, 0.15) is 12.4 Å². The molecule has 100 valence electrons. The lowest BCUT2D eigenvalue weighted by molar-refractivity contribution is -0.110. The topological polar surface area (TPSA) is 75.7 Å². The van der Waals surface area contributed by atoms with Gasteiger partial charge in [-0.25, -0.2) is 14.9 Å². The highest BCUT2D eigenvalue weighted by Gasteiger charge is 2.30. The molecule has 0 aromatic carbocycles. The lowest BCUT2D eigenvalue weighted by atomic mass is 10.2. The lowest BCUT2D eigenvalue weighted by Crippen LogP contribution is -2.46. The first-order valence-electron chi connectivity index (χ1n) is 6.44. The monoisotopic (exact) mass is 254 g/mol. The van der Waals surface area contributed by atoms with Crippen molar-refractivity contribution in [2.45, 2.75) is 50.7 Å². The van der Waals surface area contributed by atoms with Gasteiger partial charge in [0, 0.05) is 6.54 Å². The molecule has 1 heterocycles. The molecular weight excluding hydrogens is 236 g/mol. The number of carbonyl (C=O) groups is 3. The Labute approximate surface area is 106 Å². The van der Waals surface area contributed by atoms with E-state index in [1.807, 2.05) is 0 Å². The van der Waals surface area contributed by atoms with Crippen molar-refractivity contribution in [3.8, 4) is 0 Å². The number of aldehydes is 1. The maximum atomic E-state index is 11.8. The van der Waals surface area contributed by atoms with E-state index in [1.165, 1.54) is 4.90 Å². The van der Waals surface area contributed by atoms with E-state index in [-0.39, 0.29) is 6.10 Å². The maximum absolute atomic E-state index is 11.8. The number of likely N-dealkylation sites (tertiary alicyclic amines) is 1. The molecule has 1 aliphatic carbocycles. The van der Waals surface area contributed by atoms with Crippen molar-refractivity contribution in [3.63, 3.8) is 0 Å². The Morgan fingerprint density at radius 2 is 1.89 bits per heavy atom. The molecule has 6 heteroatoms. The van der Waals surface area contributed by atoms with Crippen molar-refractivity contribution in [3.05, 3.63) is 0 Å². The van der Waals surface area contributed by atoms with Crippen LogP contribution in [0.5, 0.6) is 0 Å². The second kappa shape index (κ2) is 5.84. The van der Waals surface area contributed by atoms with E-state index < -0.39 is 18.2 Å². The Balaban J connectivity index is 1.79. The highest BCUT2D eigenvalue weighted by molar-refractivity contribution is 5.92. The van der Waals surface area contributed by atoms with Crippen molar-refractivity contribution in [2.75, 3.05) is 6.54 Å². The number of nitrogens with one attached hydrogen (secondary N) is 1. The van der Waals surface area contributed by atoms with E-state index in [0.717, 1.165) is 38.4 Å². The molecule has 1 N–H and O–H groups in total. The molecule has 1 saturated heterocycles. The molecule has 0 aromatic heterocycles. The summed E-state index contributed by atoms with van der Waals surface area (Å²) in [5.41, 5.74) is 0. The number of amides is 3. The van der Waals surface area contributed by atoms with E-state index in [2.05, 4.69) is 5.32 Å². The van der Waals surface area contributed by atoms with Crippen molar-refractivity contribution in [1.29, 1.82) is 0 Å². The predicted octanol–water partition coefficient (Wildman–Crippen LogP) is 1.44. The molecule has 1 saturated carbocycles. The standard InChI is InChI=1S/C12H18N2O4/c15-8-9-4-3-7-14(9)11(16)13-12(17)18-10-5-1-2-6-10/h8-10H,1-7H2,(H,13,16,17)/t9-/m0/s1. The number of imide groups is 1. The first-order chi connectivity index (χ1) is 8.70. The van der Waals surface area contributed by atoms with Crippen molar-refractivity contribution >= 4 is 18.4 Å². The zero-order chi connectivity index (χ0) is 13.0. The molecular formula is C12H18N2O4. The third-order valence-electron chi connectivity index (χ3n) is 3.50. The minimum Gasteiger partial charge on any atom is -0.446 e. The van der Waals surface area contributed by atoms with E-state index in [9.17, 15) is 14.4 Å². The van der Waals surface area contributed by atoms with Crippen LogP contribution in [0.2, 0.25) is 0 Å². The number of hydrogen-bond acceptors (Lipinski definition) is 4. The number of nitrogens with zero attached hydrogens (tertiary/aromatic N) is 1. The zero-order valence-electron chi connectivity index (χ0n) is 10.3. The minimum atomic E-state index is -0.705. The molecule has 0 spiro atoms. The van der Waals surface area contributed by atoms with Gasteiger partial charge in [0.2, 0.25) is 0 Å². The summed E-state index contributed by atoms with van der Waals surface area (Å²) in [6, 6.07) is -0.947. The van der Waals surface area contributed by atoms with Gasteiger partial charge in [-0.3, -0.25) is 0 Å². The molecule has 6 nitrogen and oxygen atoms in total. The van der Waals surface area contributed by atoms with E-state index in [1.54, 1.807) is 0 Å². The highest BCUT2D eigenvalue weighted by Crippen LogP contribution is 2.21. The molecule has 18 heavy (non-hydrogen) atoms.